The number of hydrogen-bond donors (Lipinski definition) is 2. The molecule has 2 N–H and O–H groups in total. The summed E-state index contributed by atoms with van der Waals surface area (Å²) in [5.74, 6) is -0.399. The molecule has 1 saturated heterocycles. The highest BCUT2D eigenvalue weighted by Crippen LogP contribution is 2.18. The molecule has 1 aromatic rings. The first-order chi connectivity index (χ1) is 9.11. The molecule has 5 nitrogen and oxygen atoms in total. The van der Waals surface area contributed by atoms with E-state index in [1.165, 1.54) is 7.11 Å². The highest BCUT2D eigenvalue weighted by Gasteiger charge is 2.22. The van der Waals surface area contributed by atoms with Crippen molar-refractivity contribution in [1.29, 1.82) is 0 Å². The van der Waals surface area contributed by atoms with Crippen LogP contribution in [0.25, 0.3) is 0 Å². The minimum atomic E-state index is -0.392. The molecule has 0 saturated carbocycles. The Morgan fingerprint density at radius 3 is 2.84 bits per heavy atom. The quantitative estimate of drug-likeness (QED) is 0.806. The first-order valence-electron chi connectivity index (χ1n) is 6.32. The van der Waals surface area contributed by atoms with E-state index in [9.17, 15) is 9.59 Å². The monoisotopic (exact) mass is 262 g/mol. The summed E-state index contributed by atoms with van der Waals surface area (Å²) in [6, 6.07) is 5.25. The van der Waals surface area contributed by atoms with Crippen LogP contribution in [0, 0.1) is 12.8 Å². The van der Waals surface area contributed by atoms with Crippen LogP contribution in [0.5, 0.6) is 0 Å². The van der Waals surface area contributed by atoms with Crippen LogP contribution in [0.2, 0.25) is 0 Å². The Bertz CT molecular complexity index is 493. The van der Waals surface area contributed by atoms with Gasteiger partial charge in [-0.2, -0.15) is 0 Å². The molecule has 0 spiro atoms. The second-order valence-electron chi connectivity index (χ2n) is 4.70. The molecular formula is C14H18N2O3. The number of aryl methyl sites for hydroxylation is 1. The fraction of sp³-hybridized carbons (Fsp3) is 0.429. The summed E-state index contributed by atoms with van der Waals surface area (Å²) in [4.78, 5) is 23.6. The van der Waals surface area contributed by atoms with Crippen LogP contribution in [-0.4, -0.2) is 32.1 Å². The summed E-state index contributed by atoms with van der Waals surface area (Å²) >= 11 is 0. The molecule has 102 valence electrons. The maximum atomic E-state index is 12.0. The smallest absolute Gasteiger partial charge is 0.338 e. The van der Waals surface area contributed by atoms with Gasteiger partial charge in [0.2, 0.25) is 5.91 Å². The molecule has 0 aliphatic carbocycles. The molecule has 5 heteroatoms. The zero-order valence-corrected chi connectivity index (χ0v) is 11.2. The van der Waals surface area contributed by atoms with Crippen LogP contribution in [0.1, 0.15) is 22.3 Å². The second kappa shape index (κ2) is 5.84. The number of benzene rings is 1. The van der Waals surface area contributed by atoms with Gasteiger partial charge in [-0.15, -0.1) is 0 Å². The van der Waals surface area contributed by atoms with E-state index in [0.717, 1.165) is 18.5 Å². The number of nitrogens with one attached hydrogen (secondary N) is 2. The van der Waals surface area contributed by atoms with E-state index in [1.807, 2.05) is 6.92 Å². The number of anilines is 1. The Kier molecular flexibility index (Phi) is 4.16. The van der Waals surface area contributed by atoms with E-state index in [1.54, 1.807) is 18.2 Å². The number of methoxy groups -OCH3 is 1. The normalized spacial score (nSPS) is 18.1. The van der Waals surface area contributed by atoms with Gasteiger partial charge < -0.3 is 15.4 Å². The van der Waals surface area contributed by atoms with Gasteiger partial charge in [0.1, 0.15) is 0 Å². The van der Waals surface area contributed by atoms with E-state index < -0.39 is 5.97 Å². The van der Waals surface area contributed by atoms with Crippen molar-refractivity contribution in [2.75, 3.05) is 25.5 Å². The molecule has 1 heterocycles. The van der Waals surface area contributed by atoms with Crippen molar-refractivity contribution >= 4 is 17.6 Å². The summed E-state index contributed by atoms with van der Waals surface area (Å²) in [5, 5.41) is 6.00. The Morgan fingerprint density at radius 2 is 2.21 bits per heavy atom. The molecule has 1 atom stereocenters. The van der Waals surface area contributed by atoms with E-state index in [4.69, 9.17) is 4.74 Å². The van der Waals surface area contributed by atoms with Gasteiger partial charge in [-0.25, -0.2) is 4.79 Å². The lowest BCUT2D eigenvalue weighted by atomic mass is 10.1. The maximum absolute atomic E-state index is 12.0. The summed E-state index contributed by atoms with van der Waals surface area (Å²) in [7, 11) is 1.34. The summed E-state index contributed by atoms with van der Waals surface area (Å²) < 4.78 is 4.72. The molecular weight excluding hydrogens is 244 g/mol. The van der Waals surface area contributed by atoms with Gasteiger partial charge in [0.25, 0.3) is 0 Å². The Morgan fingerprint density at radius 1 is 1.42 bits per heavy atom. The minimum absolute atomic E-state index is 0.00267. The fourth-order valence-electron chi connectivity index (χ4n) is 2.15. The first-order valence-corrected chi connectivity index (χ1v) is 6.32. The molecule has 1 aromatic carbocycles. The number of esters is 1. The summed E-state index contributed by atoms with van der Waals surface area (Å²) in [6.45, 7) is 3.42. The number of carbonyl (C=O) groups excluding carboxylic acids is 2. The number of rotatable bonds is 3. The van der Waals surface area contributed by atoms with Crippen molar-refractivity contribution in [2.24, 2.45) is 5.92 Å². The molecule has 19 heavy (non-hydrogen) atoms. The van der Waals surface area contributed by atoms with Crippen molar-refractivity contribution in [3.05, 3.63) is 29.3 Å². The number of hydrogen-bond acceptors (Lipinski definition) is 4. The van der Waals surface area contributed by atoms with Gasteiger partial charge in [-0.1, -0.05) is 6.07 Å². The van der Waals surface area contributed by atoms with Crippen LogP contribution in [0.4, 0.5) is 5.69 Å². The highest BCUT2D eigenvalue weighted by atomic mass is 16.5. The third kappa shape index (κ3) is 3.12. The SMILES string of the molecule is COC(=O)c1cc(NC(=O)C2CCNC2)ccc1C. The van der Waals surface area contributed by atoms with Crippen molar-refractivity contribution in [2.45, 2.75) is 13.3 Å². The third-order valence-corrected chi connectivity index (χ3v) is 3.34. The van der Waals surface area contributed by atoms with Gasteiger partial charge in [0.15, 0.2) is 0 Å². The van der Waals surface area contributed by atoms with E-state index in [2.05, 4.69) is 10.6 Å². The average molecular weight is 262 g/mol. The first kappa shape index (κ1) is 13.5. The van der Waals surface area contributed by atoms with Crippen LogP contribution in [0.3, 0.4) is 0 Å². The molecule has 2 rings (SSSR count). The van der Waals surface area contributed by atoms with Gasteiger partial charge in [-0.3, -0.25) is 4.79 Å². The summed E-state index contributed by atoms with van der Waals surface area (Å²) in [6.07, 6.45) is 0.849. The summed E-state index contributed by atoms with van der Waals surface area (Å²) in [5.41, 5.74) is 1.93. The van der Waals surface area contributed by atoms with E-state index in [-0.39, 0.29) is 11.8 Å². The van der Waals surface area contributed by atoms with Crippen LogP contribution < -0.4 is 10.6 Å². The van der Waals surface area contributed by atoms with Crippen molar-refractivity contribution < 1.29 is 14.3 Å². The lowest BCUT2D eigenvalue weighted by molar-refractivity contribution is -0.119. The average Bonchev–Trinajstić information content (AvgIpc) is 2.94. The zero-order chi connectivity index (χ0) is 13.8. The molecule has 0 aromatic heterocycles. The zero-order valence-electron chi connectivity index (χ0n) is 11.2. The Hall–Kier alpha value is -1.88. The van der Waals surface area contributed by atoms with Crippen LogP contribution >= 0.6 is 0 Å². The van der Waals surface area contributed by atoms with Crippen molar-refractivity contribution in [3.63, 3.8) is 0 Å². The molecule has 1 amide bonds. The number of amides is 1. The standard InChI is InChI=1S/C14H18N2O3/c1-9-3-4-11(7-12(9)14(18)19-2)16-13(17)10-5-6-15-8-10/h3-4,7,10,15H,5-6,8H2,1-2H3,(H,16,17). The van der Waals surface area contributed by atoms with E-state index >= 15 is 0 Å². The van der Waals surface area contributed by atoms with Gasteiger partial charge in [0, 0.05) is 12.2 Å². The fourth-order valence-corrected chi connectivity index (χ4v) is 2.15. The third-order valence-electron chi connectivity index (χ3n) is 3.34. The predicted molar refractivity (Wildman–Crippen MR) is 72.1 cm³/mol. The Labute approximate surface area is 112 Å². The highest BCUT2D eigenvalue weighted by molar-refractivity contribution is 5.96. The molecule has 0 bridgehead atoms. The molecule has 1 aliphatic rings. The van der Waals surface area contributed by atoms with Crippen LogP contribution in [-0.2, 0) is 9.53 Å². The topological polar surface area (TPSA) is 67.4 Å². The van der Waals surface area contributed by atoms with Gasteiger partial charge in [-0.05, 0) is 37.6 Å². The van der Waals surface area contributed by atoms with Crippen molar-refractivity contribution in [1.82, 2.24) is 5.32 Å². The number of ether oxygens (including phenoxy) is 1. The lowest BCUT2D eigenvalue weighted by Crippen LogP contribution is -2.24. The Balaban J connectivity index is 2.12. The largest absolute Gasteiger partial charge is 0.465 e. The molecule has 1 fully saturated rings. The molecule has 1 aliphatic heterocycles. The molecule has 1 unspecified atom stereocenters. The molecule has 0 radical (unpaired) electrons. The second-order valence-corrected chi connectivity index (χ2v) is 4.70. The van der Waals surface area contributed by atoms with Gasteiger partial charge in [0.05, 0.1) is 18.6 Å². The van der Waals surface area contributed by atoms with Crippen molar-refractivity contribution in [3.8, 4) is 0 Å². The predicted octanol–water partition coefficient (Wildman–Crippen LogP) is 1.33. The maximum Gasteiger partial charge on any atom is 0.338 e. The lowest BCUT2D eigenvalue weighted by Gasteiger charge is -2.11. The van der Waals surface area contributed by atoms with Gasteiger partial charge >= 0.3 is 5.97 Å². The minimum Gasteiger partial charge on any atom is -0.465 e. The van der Waals surface area contributed by atoms with Crippen LogP contribution in [0.15, 0.2) is 18.2 Å². The number of carbonyl (C=O) groups is 2. The van der Waals surface area contributed by atoms with E-state index in [0.29, 0.717) is 17.8 Å².